The molecule has 29 heavy (non-hydrogen) atoms. The maximum Gasteiger partial charge on any atom is 0.284 e. The smallest absolute Gasteiger partial charge is 0.284 e. The minimum atomic E-state index is -0.268. The van der Waals surface area contributed by atoms with Gasteiger partial charge in [-0.1, -0.05) is 12.1 Å². The molecule has 8 heteroatoms. The van der Waals surface area contributed by atoms with Crippen LogP contribution in [0.25, 0.3) is 0 Å². The molecule has 1 aliphatic heterocycles. The van der Waals surface area contributed by atoms with Gasteiger partial charge in [-0.15, -0.1) is 22.7 Å². The Labute approximate surface area is 177 Å². The van der Waals surface area contributed by atoms with E-state index in [4.69, 9.17) is 19.3 Å². The van der Waals surface area contributed by atoms with Gasteiger partial charge in [0.2, 0.25) is 5.75 Å². The van der Waals surface area contributed by atoms with Crippen molar-refractivity contribution in [1.29, 1.82) is 0 Å². The van der Waals surface area contributed by atoms with E-state index in [1.54, 1.807) is 37.7 Å². The molecule has 0 N–H and O–H groups in total. The third-order valence-corrected chi connectivity index (χ3v) is 6.50. The Balaban J connectivity index is 1.78. The van der Waals surface area contributed by atoms with Crippen molar-refractivity contribution in [3.8, 4) is 17.2 Å². The van der Waals surface area contributed by atoms with Gasteiger partial charge in [0.15, 0.2) is 11.5 Å². The molecule has 150 valence electrons. The summed E-state index contributed by atoms with van der Waals surface area (Å²) in [5.41, 5.74) is 1.77. The number of methoxy groups -OCH3 is 3. The number of ether oxygens (including phenoxy) is 3. The van der Waals surface area contributed by atoms with Gasteiger partial charge in [-0.2, -0.15) is 5.10 Å². The first-order chi connectivity index (χ1) is 14.2. The summed E-state index contributed by atoms with van der Waals surface area (Å²) in [6.45, 7) is 0. The Bertz CT molecular complexity index is 1000. The van der Waals surface area contributed by atoms with E-state index in [1.165, 1.54) is 11.3 Å². The fourth-order valence-electron chi connectivity index (χ4n) is 3.36. The normalized spacial score (nSPS) is 15.9. The summed E-state index contributed by atoms with van der Waals surface area (Å²) in [5, 5.41) is 10.2. The van der Waals surface area contributed by atoms with Gasteiger partial charge in [-0.25, -0.2) is 5.01 Å². The Morgan fingerprint density at radius 3 is 2.28 bits per heavy atom. The van der Waals surface area contributed by atoms with E-state index < -0.39 is 0 Å². The third-order valence-electron chi connectivity index (χ3n) is 4.73. The fourth-order valence-corrected chi connectivity index (χ4v) is 4.73. The molecule has 4 rings (SSSR count). The summed E-state index contributed by atoms with van der Waals surface area (Å²) >= 11 is 3.02. The second-order valence-electron chi connectivity index (χ2n) is 6.33. The molecule has 0 spiro atoms. The quantitative estimate of drug-likeness (QED) is 0.564. The lowest BCUT2D eigenvalue weighted by molar-refractivity contribution is 0.0715. The number of nitrogens with zero attached hydrogens (tertiary/aromatic N) is 2. The topological polar surface area (TPSA) is 60.4 Å². The summed E-state index contributed by atoms with van der Waals surface area (Å²) in [7, 11) is 4.73. The van der Waals surface area contributed by atoms with Crippen LogP contribution in [0, 0.1) is 0 Å². The number of amides is 1. The molecule has 0 radical (unpaired) electrons. The van der Waals surface area contributed by atoms with E-state index in [9.17, 15) is 4.79 Å². The van der Waals surface area contributed by atoms with Crippen LogP contribution in [0.1, 0.15) is 32.6 Å². The first-order valence-electron chi connectivity index (χ1n) is 8.94. The maximum atomic E-state index is 13.2. The van der Waals surface area contributed by atoms with Crippen LogP contribution >= 0.6 is 22.7 Å². The number of hydrogen-bond acceptors (Lipinski definition) is 7. The monoisotopic (exact) mass is 428 g/mol. The zero-order chi connectivity index (χ0) is 20.4. The summed E-state index contributed by atoms with van der Waals surface area (Å²) in [5.74, 6) is 1.50. The molecule has 0 fully saturated rings. The van der Waals surface area contributed by atoms with Crippen LogP contribution in [-0.4, -0.2) is 38.0 Å². The molecule has 2 aromatic heterocycles. The summed E-state index contributed by atoms with van der Waals surface area (Å²) in [4.78, 5) is 14.9. The van der Waals surface area contributed by atoms with E-state index in [0.29, 0.717) is 28.5 Å². The number of rotatable bonds is 6. The number of thiophene rings is 2. The Morgan fingerprint density at radius 1 is 1.03 bits per heavy atom. The predicted molar refractivity (Wildman–Crippen MR) is 115 cm³/mol. The van der Waals surface area contributed by atoms with Gasteiger partial charge in [0.1, 0.15) is 0 Å². The average Bonchev–Trinajstić information content (AvgIpc) is 3.52. The zero-order valence-corrected chi connectivity index (χ0v) is 17.9. The van der Waals surface area contributed by atoms with Crippen molar-refractivity contribution < 1.29 is 19.0 Å². The van der Waals surface area contributed by atoms with Crippen molar-refractivity contribution >= 4 is 34.3 Å². The molecule has 1 amide bonds. The van der Waals surface area contributed by atoms with Crippen LogP contribution < -0.4 is 14.2 Å². The second kappa shape index (κ2) is 8.26. The van der Waals surface area contributed by atoms with Crippen LogP contribution in [0.2, 0.25) is 0 Å². The molecule has 0 bridgehead atoms. The van der Waals surface area contributed by atoms with E-state index in [0.717, 1.165) is 16.2 Å². The van der Waals surface area contributed by atoms with Crippen molar-refractivity contribution in [3.63, 3.8) is 0 Å². The standard InChI is InChI=1S/C21H20N2O4S2/c1-25-16-10-13(11-17(26-2)20(16)27-3)15-12-14(18-6-4-8-28-18)22-23(15)21(24)19-7-5-9-29-19/h4-11,15H,12H2,1-3H3/t15-/m0/s1. The number of benzene rings is 1. The zero-order valence-electron chi connectivity index (χ0n) is 16.2. The predicted octanol–water partition coefficient (Wildman–Crippen LogP) is 4.83. The van der Waals surface area contributed by atoms with Gasteiger partial charge in [-0.3, -0.25) is 4.79 Å². The van der Waals surface area contributed by atoms with E-state index in [-0.39, 0.29) is 11.9 Å². The van der Waals surface area contributed by atoms with E-state index >= 15 is 0 Å². The largest absolute Gasteiger partial charge is 0.493 e. The van der Waals surface area contributed by atoms with Gasteiger partial charge < -0.3 is 14.2 Å². The highest BCUT2D eigenvalue weighted by Crippen LogP contribution is 2.43. The van der Waals surface area contributed by atoms with E-state index in [2.05, 4.69) is 0 Å². The Kier molecular flexibility index (Phi) is 5.55. The summed E-state index contributed by atoms with van der Waals surface area (Å²) in [6.07, 6.45) is 0.607. The van der Waals surface area contributed by atoms with Gasteiger partial charge in [-0.05, 0) is 40.6 Å². The first kappa shape index (κ1) is 19.5. The van der Waals surface area contributed by atoms with Crippen molar-refractivity contribution in [2.45, 2.75) is 12.5 Å². The molecule has 6 nitrogen and oxygen atoms in total. The highest BCUT2D eigenvalue weighted by atomic mass is 32.1. The minimum Gasteiger partial charge on any atom is -0.493 e. The minimum absolute atomic E-state index is 0.120. The maximum absolute atomic E-state index is 13.2. The molecular formula is C21H20N2O4S2. The molecular weight excluding hydrogens is 408 g/mol. The molecule has 3 heterocycles. The molecule has 1 atom stereocenters. The van der Waals surface area contributed by atoms with Crippen LogP contribution in [-0.2, 0) is 0 Å². The summed E-state index contributed by atoms with van der Waals surface area (Å²) in [6, 6.07) is 11.2. The van der Waals surface area contributed by atoms with Crippen LogP contribution in [0.15, 0.2) is 52.3 Å². The molecule has 1 aliphatic rings. The molecule has 0 saturated heterocycles. The van der Waals surface area contributed by atoms with Crippen molar-refractivity contribution in [1.82, 2.24) is 5.01 Å². The average molecular weight is 429 g/mol. The van der Waals surface area contributed by atoms with Crippen LogP contribution in [0.4, 0.5) is 0 Å². The van der Waals surface area contributed by atoms with Gasteiger partial charge in [0, 0.05) is 6.42 Å². The molecule has 3 aromatic rings. The SMILES string of the molecule is COc1cc([C@@H]2CC(c3cccs3)=NN2C(=O)c2cccs2)cc(OC)c1OC. The van der Waals surface area contributed by atoms with Gasteiger partial charge >= 0.3 is 0 Å². The Hall–Kier alpha value is -2.84. The number of hydrazone groups is 1. The molecule has 1 aromatic carbocycles. The Morgan fingerprint density at radius 2 is 1.72 bits per heavy atom. The lowest BCUT2D eigenvalue weighted by atomic mass is 10.00. The van der Waals surface area contributed by atoms with Crippen molar-refractivity contribution in [3.05, 3.63) is 62.5 Å². The number of carbonyl (C=O) groups is 1. The third kappa shape index (κ3) is 3.61. The number of carbonyl (C=O) groups excluding carboxylic acids is 1. The lowest BCUT2D eigenvalue weighted by Crippen LogP contribution is -2.26. The highest BCUT2D eigenvalue weighted by Gasteiger charge is 2.35. The van der Waals surface area contributed by atoms with Crippen molar-refractivity contribution in [2.75, 3.05) is 21.3 Å². The number of hydrogen-bond donors (Lipinski definition) is 0. The summed E-state index contributed by atoms with van der Waals surface area (Å²) < 4.78 is 16.4. The molecule has 0 saturated carbocycles. The molecule has 0 aliphatic carbocycles. The van der Waals surface area contributed by atoms with E-state index in [1.807, 2.05) is 47.2 Å². The van der Waals surface area contributed by atoms with Gasteiger partial charge in [0.25, 0.3) is 5.91 Å². The highest BCUT2D eigenvalue weighted by molar-refractivity contribution is 7.12. The fraction of sp³-hybridized carbons (Fsp3) is 0.238. The molecule has 0 unspecified atom stereocenters. The van der Waals surface area contributed by atoms with Crippen LogP contribution in [0.3, 0.4) is 0 Å². The van der Waals surface area contributed by atoms with Crippen LogP contribution in [0.5, 0.6) is 17.2 Å². The second-order valence-corrected chi connectivity index (χ2v) is 8.23. The van der Waals surface area contributed by atoms with Gasteiger partial charge in [0.05, 0.1) is 42.8 Å². The first-order valence-corrected chi connectivity index (χ1v) is 10.7. The van der Waals surface area contributed by atoms with Crippen molar-refractivity contribution in [2.24, 2.45) is 5.10 Å². The lowest BCUT2D eigenvalue weighted by Gasteiger charge is -2.23.